The van der Waals surface area contributed by atoms with Gasteiger partial charge in [-0.15, -0.1) is 0 Å². The zero-order valence-corrected chi connectivity index (χ0v) is 23.6. The van der Waals surface area contributed by atoms with Crippen LogP contribution in [0.5, 0.6) is 0 Å². The van der Waals surface area contributed by atoms with E-state index in [1.165, 1.54) is 4.31 Å². The van der Waals surface area contributed by atoms with Crippen LogP contribution in [0, 0.1) is 11.3 Å². The first-order valence-corrected chi connectivity index (χ1v) is 17.9. The van der Waals surface area contributed by atoms with E-state index < -0.39 is 23.8 Å². The third kappa shape index (κ3) is 5.11. The number of aromatic nitrogens is 4. The van der Waals surface area contributed by atoms with Crippen LogP contribution in [0.4, 0.5) is 0 Å². The number of hydrogen-bond acceptors (Lipinski definition) is 6. The molecule has 3 aromatic heterocycles. The lowest BCUT2D eigenvalue weighted by molar-refractivity contribution is 0.0666. The largest absolute Gasteiger partial charge is 0.361 e. The number of nitrogens with zero attached hydrogens (tertiary/aromatic N) is 7. The van der Waals surface area contributed by atoms with E-state index in [0.29, 0.717) is 19.8 Å². The summed E-state index contributed by atoms with van der Waals surface area (Å²) in [4.78, 5) is 4.59. The molecule has 2 aliphatic rings. The zero-order chi connectivity index (χ0) is 26.3. The fourth-order valence-electron chi connectivity index (χ4n) is 5.05. The molecule has 0 radical (unpaired) electrons. The van der Waals surface area contributed by atoms with Gasteiger partial charge in [0.25, 0.3) is 10.2 Å². The quantitative estimate of drug-likeness (QED) is 0.287. The van der Waals surface area contributed by atoms with Gasteiger partial charge in [0.2, 0.25) is 0 Å². The SMILES string of the molecule is C[Si](C)(C)CCOCn1ccc2c(-c3cnn(C4(CC#N)CN(S(=O)(=O)N5CCCC5)C4)c3)ccnc21. The maximum absolute atomic E-state index is 13.0. The van der Waals surface area contributed by atoms with Gasteiger partial charge in [0.15, 0.2) is 0 Å². The number of hydrogen-bond donors (Lipinski definition) is 0. The summed E-state index contributed by atoms with van der Waals surface area (Å²) in [7, 11) is -4.64. The van der Waals surface area contributed by atoms with Gasteiger partial charge in [-0.1, -0.05) is 19.6 Å². The molecule has 0 saturated carbocycles. The van der Waals surface area contributed by atoms with Crippen LogP contribution in [-0.2, 0) is 27.2 Å². The van der Waals surface area contributed by atoms with Gasteiger partial charge >= 0.3 is 0 Å². The van der Waals surface area contributed by atoms with E-state index in [1.807, 2.05) is 29.1 Å². The summed E-state index contributed by atoms with van der Waals surface area (Å²) in [5.74, 6) is 0. The van der Waals surface area contributed by atoms with Crippen molar-refractivity contribution in [3.63, 3.8) is 0 Å². The predicted molar refractivity (Wildman–Crippen MR) is 145 cm³/mol. The van der Waals surface area contributed by atoms with Crippen LogP contribution in [0.2, 0.25) is 25.7 Å². The predicted octanol–water partition coefficient (Wildman–Crippen LogP) is 3.48. The monoisotopic (exact) mass is 541 g/mol. The number of nitriles is 1. The first kappa shape index (κ1) is 26.1. The van der Waals surface area contributed by atoms with Crippen LogP contribution in [0.1, 0.15) is 19.3 Å². The van der Waals surface area contributed by atoms with E-state index in [1.54, 1.807) is 21.4 Å². The summed E-state index contributed by atoms with van der Waals surface area (Å²) in [6, 6.07) is 7.36. The molecule has 2 fully saturated rings. The van der Waals surface area contributed by atoms with Crippen molar-refractivity contribution in [3.05, 3.63) is 36.9 Å². The third-order valence-electron chi connectivity index (χ3n) is 7.34. The van der Waals surface area contributed by atoms with Crippen molar-refractivity contribution in [2.45, 2.75) is 57.2 Å². The van der Waals surface area contributed by atoms with E-state index in [-0.39, 0.29) is 19.5 Å². The molecule has 0 atom stereocenters. The highest BCUT2D eigenvalue weighted by Gasteiger charge is 2.51. The van der Waals surface area contributed by atoms with Gasteiger partial charge in [-0.3, -0.25) is 4.68 Å². The Morgan fingerprint density at radius 1 is 1.16 bits per heavy atom. The van der Waals surface area contributed by atoms with E-state index in [4.69, 9.17) is 4.74 Å². The highest BCUT2D eigenvalue weighted by Crippen LogP contribution is 2.37. The number of pyridine rings is 1. The van der Waals surface area contributed by atoms with Gasteiger partial charge in [0.05, 0.1) is 18.7 Å². The summed E-state index contributed by atoms with van der Waals surface area (Å²) in [6.45, 7) is 9.84. The standard InChI is InChI=1S/C25H35N7O3SSi/c1-37(2,3)15-14-35-20-29-13-7-23-22(6-10-27-24(23)29)21-16-28-32(17-21)25(8-9-26)18-31(19-25)36(33,34)30-11-4-5-12-30/h6-7,10,13,16-17H,4-5,8,11-12,14-15,18-20H2,1-3H3. The Balaban J connectivity index is 1.34. The van der Waals surface area contributed by atoms with Crippen molar-refractivity contribution >= 4 is 29.3 Å². The highest BCUT2D eigenvalue weighted by atomic mass is 32.2. The topological polar surface area (TPSA) is 109 Å². The highest BCUT2D eigenvalue weighted by molar-refractivity contribution is 7.86. The molecule has 0 aromatic carbocycles. The molecule has 10 nitrogen and oxygen atoms in total. The van der Waals surface area contributed by atoms with Crippen LogP contribution in [0.3, 0.4) is 0 Å². The van der Waals surface area contributed by atoms with Crippen LogP contribution >= 0.6 is 0 Å². The molecule has 3 aromatic rings. The lowest BCUT2D eigenvalue weighted by Crippen LogP contribution is -2.66. The average Bonchev–Trinajstić information content (AvgIpc) is 3.59. The summed E-state index contributed by atoms with van der Waals surface area (Å²) in [5, 5.41) is 15.1. The molecule has 2 saturated heterocycles. The maximum atomic E-state index is 13.0. The van der Waals surface area contributed by atoms with Crippen LogP contribution < -0.4 is 0 Å². The minimum atomic E-state index is -3.49. The van der Waals surface area contributed by atoms with Crippen LogP contribution in [0.25, 0.3) is 22.2 Å². The molecule has 198 valence electrons. The van der Waals surface area contributed by atoms with Crippen molar-refractivity contribution in [2.75, 3.05) is 32.8 Å². The van der Waals surface area contributed by atoms with Gasteiger partial charge < -0.3 is 9.30 Å². The molecule has 5 heterocycles. The normalized spacial score (nSPS) is 18.8. The molecule has 0 unspecified atom stereocenters. The first-order chi connectivity index (χ1) is 17.6. The van der Waals surface area contributed by atoms with Crippen LogP contribution in [0.15, 0.2) is 36.9 Å². The second-order valence-electron chi connectivity index (χ2n) is 11.3. The Kier molecular flexibility index (Phi) is 7.01. The third-order valence-corrected chi connectivity index (χ3v) is 11.0. The number of rotatable bonds is 10. The fourth-order valence-corrected chi connectivity index (χ4v) is 7.66. The molecule has 37 heavy (non-hydrogen) atoms. The van der Waals surface area contributed by atoms with Gasteiger partial charge in [-0.2, -0.15) is 27.4 Å². The van der Waals surface area contributed by atoms with E-state index in [0.717, 1.165) is 47.7 Å². The van der Waals surface area contributed by atoms with Crippen molar-refractivity contribution in [1.29, 1.82) is 5.26 Å². The summed E-state index contributed by atoms with van der Waals surface area (Å²) in [5.41, 5.74) is 2.08. The molecule has 0 aliphatic carbocycles. The number of fused-ring (bicyclic) bond motifs is 1. The molecule has 0 spiro atoms. The molecule has 5 rings (SSSR count). The maximum Gasteiger partial charge on any atom is 0.282 e. The Hall–Kier alpha value is -2.56. The summed E-state index contributed by atoms with van der Waals surface area (Å²) < 4.78 is 38.7. The van der Waals surface area contributed by atoms with Gasteiger partial charge in [-0.25, -0.2) is 4.98 Å². The lowest BCUT2D eigenvalue weighted by atomic mass is 9.89. The van der Waals surface area contributed by atoms with Gasteiger partial charge in [-0.05, 0) is 36.6 Å². The second-order valence-corrected chi connectivity index (χ2v) is 18.9. The minimum absolute atomic E-state index is 0.192. The average molecular weight is 542 g/mol. The van der Waals surface area contributed by atoms with E-state index in [9.17, 15) is 13.7 Å². The Morgan fingerprint density at radius 2 is 1.92 bits per heavy atom. The van der Waals surface area contributed by atoms with Gasteiger partial charge in [0.1, 0.15) is 17.9 Å². The van der Waals surface area contributed by atoms with Crippen molar-refractivity contribution in [2.24, 2.45) is 0 Å². The molecule has 0 bridgehead atoms. The molecule has 0 N–H and O–H groups in total. The number of ether oxygens (including phenoxy) is 1. The molecule has 12 heteroatoms. The first-order valence-electron chi connectivity index (χ1n) is 12.8. The molecule has 2 aliphatic heterocycles. The zero-order valence-electron chi connectivity index (χ0n) is 21.8. The molecule has 0 amide bonds. The van der Waals surface area contributed by atoms with Gasteiger partial charge in [0, 0.05) is 70.4 Å². The molecular formula is C25H35N7O3SSi. The molecular weight excluding hydrogens is 506 g/mol. The van der Waals surface area contributed by atoms with Crippen molar-refractivity contribution in [1.82, 2.24) is 27.9 Å². The van der Waals surface area contributed by atoms with Crippen molar-refractivity contribution in [3.8, 4) is 17.2 Å². The second kappa shape index (κ2) is 9.96. The smallest absolute Gasteiger partial charge is 0.282 e. The Morgan fingerprint density at radius 3 is 2.62 bits per heavy atom. The fraction of sp³-hybridized carbons (Fsp3) is 0.560. The Labute approximate surface area is 219 Å². The summed E-state index contributed by atoms with van der Waals surface area (Å²) >= 11 is 0. The Bertz CT molecular complexity index is 1410. The van der Waals surface area contributed by atoms with E-state index >= 15 is 0 Å². The summed E-state index contributed by atoms with van der Waals surface area (Å²) in [6.07, 6.45) is 9.46. The lowest BCUT2D eigenvalue weighted by Gasteiger charge is -2.48. The van der Waals surface area contributed by atoms with Crippen LogP contribution in [-0.4, -0.2) is 77.2 Å². The van der Waals surface area contributed by atoms with E-state index in [2.05, 4.69) is 35.8 Å². The van der Waals surface area contributed by atoms with Crippen molar-refractivity contribution < 1.29 is 13.2 Å². The minimum Gasteiger partial charge on any atom is -0.361 e.